The number of ether oxygens (including phenoxy) is 1. The molecule has 3 atom stereocenters. The number of hydrogen-bond acceptors (Lipinski definition) is 8. The number of hydrogen-bond donors (Lipinski definition) is 3. The predicted molar refractivity (Wildman–Crippen MR) is 131 cm³/mol. The van der Waals surface area contributed by atoms with Gasteiger partial charge < -0.3 is 15.2 Å². The number of rotatable bonds is 6. The number of carbonyl (C=O) groups is 3. The molecule has 180 valence electrons. The molecule has 2 aliphatic rings. The number of thioether (sulfide) groups is 1. The van der Waals surface area contributed by atoms with Crippen molar-refractivity contribution in [3.8, 4) is 11.5 Å². The largest absolute Gasteiger partial charge is 0.504 e. The maximum Gasteiger partial charge on any atom is 0.308 e. The number of para-hydroxylation sites is 1. The third-order valence-electron chi connectivity index (χ3n) is 5.89. The molecule has 0 aliphatic carbocycles. The number of nitrogens with one attached hydrogen (secondary N) is 2. The van der Waals surface area contributed by atoms with Crippen LogP contribution in [-0.4, -0.2) is 39.3 Å². The molecule has 1 aromatic heterocycles. The molecule has 3 aromatic rings. The van der Waals surface area contributed by atoms with Crippen LogP contribution in [0.4, 0.5) is 5.69 Å². The lowest BCUT2D eigenvalue weighted by molar-refractivity contribution is -0.126. The Morgan fingerprint density at radius 3 is 2.66 bits per heavy atom. The summed E-state index contributed by atoms with van der Waals surface area (Å²) in [6.45, 7) is 1.88. The third kappa shape index (κ3) is 4.21. The number of fused-ring (bicyclic) bond motifs is 2. The predicted octanol–water partition coefficient (Wildman–Crippen LogP) is 2.53. The second-order valence-corrected chi connectivity index (χ2v) is 10.2. The maximum absolute atomic E-state index is 13.0. The fraction of sp³-hybridized carbons (Fsp3) is 0.250. The minimum absolute atomic E-state index is 0.0483. The van der Waals surface area contributed by atoms with Gasteiger partial charge in [0.2, 0.25) is 17.7 Å². The average Bonchev–Trinajstić information content (AvgIpc) is 3.29. The Kier molecular flexibility index (Phi) is 6.12. The van der Waals surface area contributed by atoms with Crippen molar-refractivity contribution in [3.63, 3.8) is 0 Å². The number of phenolic OH excluding ortho intramolecular Hbond substituents is 1. The average molecular weight is 512 g/mol. The van der Waals surface area contributed by atoms with Gasteiger partial charge in [0.15, 0.2) is 11.5 Å². The summed E-state index contributed by atoms with van der Waals surface area (Å²) < 4.78 is 6.87. The monoisotopic (exact) mass is 511 g/mol. The first kappa shape index (κ1) is 23.2. The van der Waals surface area contributed by atoms with Gasteiger partial charge in [0.1, 0.15) is 11.8 Å². The number of anilines is 1. The molecule has 11 heteroatoms. The Labute approximate surface area is 208 Å². The number of thiazole rings is 1. The molecular formula is C24H21N3O6S2. The summed E-state index contributed by atoms with van der Waals surface area (Å²) in [6, 6.07) is 13.7. The Morgan fingerprint density at radius 1 is 1.14 bits per heavy atom. The van der Waals surface area contributed by atoms with Gasteiger partial charge in [-0.3, -0.25) is 29.1 Å². The van der Waals surface area contributed by atoms with Crippen molar-refractivity contribution < 1.29 is 24.2 Å². The fourth-order valence-corrected chi connectivity index (χ4v) is 7.14. The molecule has 9 nitrogen and oxygen atoms in total. The van der Waals surface area contributed by atoms with E-state index in [4.69, 9.17) is 4.74 Å². The second kappa shape index (κ2) is 9.23. The zero-order valence-corrected chi connectivity index (χ0v) is 20.2. The lowest BCUT2D eigenvalue weighted by atomic mass is 9.83. The Morgan fingerprint density at radius 2 is 1.91 bits per heavy atom. The van der Waals surface area contributed by atoms with Gasteiger partial charge in [0, 0.05) is 16.5 Å². The molecule has 0 bridgehead atoms. The summed E-state index contributed by atoms with van der Waals surface area (Å²) in [5.41, 5.74) is 1.24. The van der Waals surface area contributed by atoms with Gasteiger partial charge in [0.25, 0.3) is 0 Å². The summed E-state index contributed by atoms with van der Waals surface area (Å²) in [4.78, 5) is 51.4. The van der Waals surface area contributed by atoms with Crippen molar-refractivity contribution in [2.45, 2.75) is 29.7 Å². The van der Waals surface area contributed by atoms with Gasteiger partial charge in [-0.1, -0.05) is 47.4 Å². The minimum Gasteiger partial charge on any atom is -0.504 e. The number of nitrogens with zero attached hydrogens (tertiary/aromatic N) is 1. The van der Waals surface area contributed by atoms with E-state index >= 15 is 0 Å². The number of imide groups is 1. The Bertz CT molecular complexity index is 1380. The molecule has 35 heavy (non-hydrogen) atoms. The first-order valence-corrected chi connectivity index (χ1v) is 12.6. The summed E-state index contributed by atoms with van der Waals surface area (Å²) in [5.74, 6) is -2.37. The van der Waals surface area contributed by atoms with Gasteiger partial charge in [-0.05, 0) is 36.8 Å². The normalized spacial score (nSPS) is 20.7. The topological polar surface area (TPSA) is 127 Å². The van der Waals surface area contributed by atoms with Crippen LogP contribution in [0, 0.1) is 5.92 Å². The minimum atomic E-state index is -0.748. The lowest BCUT2D eigenvalue weighted by Gasteiger charge is -2.31. The van der Waals surface area contributed by atoms with E-state index < -0.39 is 28.9 Å². The van der Waals surface area contributed by atoms with Gasteiger partial charge in [-0.2, -0.15) is 0 Å². The highest BCUT2D eigenvalue weighted by atomic mass is 32.2. The van der Waals surface area contributed by atoms with Crippen LogP contribution in [-0.2, 0) is 20.9 Å². The van der Waals surface area contributed by atoms with Crippen LogP contribution in [0.3, 0.4) is 0 Å². The van der Waals surface area contributed by atoms with Crippen molar-refractivity contribution in [2.24, 2.45) is 5.92 Å². The molecule has 3 N–H and O–H groups in total. The highest BCUT2D eigenvalue weighted by Crippen LogP contribution is 2.52. The van der Waals surface area contributed by atoms with Crippen LogP contribution < -0.4 is 20.2 Å². The van der Waals surface area contributed by atoms with Gasteiger partial charge in [0.05, 0.1) is 17.6 Å². The standard InChI is InChI=1S/C24H21N3O6S2/c1-2-33-15-10-12(8-9-14(15)28)17-18-19(22(31)26-21(18)30)34-23-20(17)35-24(32)27(23)11-16(29)25-13-6-4-3-5-7-13/h3-10,17-19,28H,2,11H2,1H3,(H,25,29)(H,26,30,31)/t17-,18?,19?/m0/s1. The summed E-state index contributed by atoms with van der Waals surface area (Å²) in [5, 5.41) is 15.1. The van der Waals surface area contributed by atoms with Crippen LogP contribution in [0.25, 0.3) is 0 Å². The highest BCUT2D eigenvalue weighted by Gasteiger charge is 2.53. The van der Waals surface area contributed by atoms with Crippen molar-refractivity contribution >= 4 is 46.5 Å². The molecule has 1 saturated heterocycles. The van der Waals surface area contributed by atoms with Crippen LogP contribution >= 0.6 is 23.1 Å². The maximum atomic E-state index is 13.0. The number of benzene rings is 2. The van der Waals surface area contributed by atoms with E-state index in [0.717, 1.165) is 23.1 Å². The van der Waals surface area contributed by atoms with E-state index in [0.29, 0.717) is 27.8 Å². The molecule has 3 amide bonds. The first-order valence-electron chi connectivity index (χ1n) is 10.9. The van der Waals surface area contributed by atoms with Crippen molar-refractivity contribution in [1.82, 2.24) is 9.88 Å². The van der Waals surface area contributed by atoms with Crippen LogP contribution in [0.5, 0.6) is 11.5 Å². The van der Waals surface area contributed by atoms with Crippen LogP contribution in [0.1, 0.15) is 23.3 Å². The number of amides is 3. The van der Waals surface area contributed by atoms with E-state index in [-0.39, 0.29) is 28.8 Å². The molecule has 2 aromatic carbocycles. The molecule has 1 fully saturated rings. The highest BCUT2D eigenvalue weighted by molar-refractivity contribution is 8.00. The third-order valence-corrected chi connectivity index (χ3v) is 8.51. The molecular weight excluding hydrogens is 490 g/mol. The molecule has 0 radical (unpaired) electrons. The molecule has 2 aliphatic heterocycles. The van der Waals surface area contributed by atoms with Crippen LogP contribution in [0.2, 0.25) is 0 Å². The summed E-state index contributed by atoms with van der Waals surface area (Å²) >= 11 is 2.09. The van der Waals surface area contributed by atoms with Gasteiger partial charge in [-0.15, -0.1) is 0 Å². The fourth-order valence-electron chi connectivity index (χ4n) is 4.40. The Hall–Kier alpha value is -3.57. The lowest BCUT2D eigenvalue weighted by Crippen LogP contribution is -2.32. The zero-order chi connectivity index (χ0) is 24.7. The number of aromatic hydroxyl groups is 1. The quantitative estimate of drug-likeness (QED) is 0.434. The summed E-state index contributed by atoms with van der Waals surface area (Å²) in [7, 11) is 0. The van der Waals surface area contributed by atoms with Crippen molar-refractivity contribution in [2.75, 3.05) is 11.9 Å². The molecule has 2 unspecified atom stereocenters. The van der Waals surface area contributed by atoms with Gasteiger partial charge in [-0.25, -0.2) is 0 Å². The Balaban J connectivity index is 1.56. The SMILES string of the molecule is CCOc1cc([C@@H]2c3sc(=O)n(CC(=O)Nc4ccccc4)c3SC3C(=O)NC(=O)C32)ccc1O. The van der Waals surface area contributed by atoms with E-state index in [9.17, 15) is 24.3 Å². The molecule has 0 saturated carbocycles. The summed E-state index contributed by atoms with van der Waals surface area (Å²) in [6.07, 6.45) is 0. The second-order valence-electron chi connectivity index (χ2n) is 8.09. The van der Waals surface area contributed by atoms with Gasteiger partial charge >= 0.3 is 4.87 Å². The number of phenols is 1. The van der Waals surface area contributed by atoms with Crippen molar-refractivity contribution in [1.29, 1.82) is 0 Å². The smallest absolute Gasteiger partial charge is 0.308 e. The first-order chi connectivity index (χ1) is 16.9. The molecule has 5 rings (SSSR count). The van der Waals surface area contributed by atoms with E-state index in [2.05, 4.69) is 10.6 Å². The van der Waals surface area contributed by atoms with E-state index in [1.165, 1.54) is 10.6 Å². The number of aromatic nitrogens is 1. The van der Waals surface area contributed by atoms with Crippen LogP contribution in [0.15, 0.2) is 58.4 Å². The zero-order valence-electron chi connectivity index (χ0n) is 18.5. The van der Waals surface area contributed by atoms with E-state index in [1.807, 2.05) is 6.07 Å². The number of carbonyl (C=O) groups excluding carboxylic acids is 3. The molecule has 3 heterocycles. The molecule has 0 spiro atoms. The van der Waals surface area contributed by atoms with Crippen molar-refractivity contribution in [3.05, 3.63) is 68.6 Å². The van der Waals surface area contributed by atoms with E-state index in [1.54, 1.807) is 43.3 Å².